The first-order valence-corrected chi connectivity index (χ1v) is 17.6. The van der Waals surface area contributed by atoms with E-state index in [1.165, 1.54) is 86.6 Å². The summed E-state index contributed by atoms with van der Waals surface area (Å²) in [6, 6.07) is 49.6. The summed E-state index contributed by atoms with van der Waals surface area (Å²) in [5, 5.41) is 7.98. The molecule has 0 radical (unpaired) electrons. The Morgan fingerprint density at radius 1 is 0.574 bits per heavy atom. The predicted octanol–water partition coefficient (Wildman–Crippen LogP) is 13.3. The molecule has 1 unspecified atom stereocenters. The second-order valence-electron chi connectivity index (χ2n) is 13.7. The number of fused-ring (bicyclic) bond motifs is 3. The Morgan fingerprint density at radius 2 is 1.19 bits per heavy atom. The summed E-state index contributed by atoms with van der Waals surface area (Å²) in [7, 11) is 0. The number of allylic oxidation sites excluding steroid dienone is 4. The Labute approximate surface area is 281 Å². The zero-order valence-corrected chi connectivity index (χ0v) is 27.9. The molecule has 1 atom stereocenters. The summed E-state index contributed by atoms with van der Waals surface area (Å²) in [5.74, 6) is 0.530. The Balaban J connectivity index is 1.15. The minimum absolute atomic E-state index is 0.0201. The van der Waals surface area contributed by atoms with E-state index in [4.69, 9.17) is 0 Å². The molecule has 0 spiro atoms. The fraction of sp³-hybridized carbons (Fsp3) is 0.130. The van der Waals surface area contributed by atoms with Crippen LogP contribution in [-0.2, 0) is 5.41 Å². The van der Waals surface area contributed by atoms with Crippen LogP contribution >= 0.6 is 11.8 Å². The van der Waals surface area contributed by atoms with Gasteiger partial charge in [0.15, 0.2) is 0 Å². The number of rotatable bonds is 4. The molecule has 0 heterocycles. The number of hydrogen-bond donors (Lipinski definition) is 0. The zero-order chi connectivity index (χ0) is 31.7. The third-order valence-electron chi connectivity index (χ3n) is 10.6. The molecule has 0 fully saturated rings. The van der Waals surface area contributed by atoms with E-state index in [0.29, 0.717) is 5.92 Å². The molecule has 47 heavy (non-hydrogen) atoms. The van der Waals surface area contributed by atoms with Gasteiger partial charge in [-0.2, -0.15) is 0 Å². The van der Waals surface area contributed by atoms with E-state index in [0.717, 1.165) is 6.42 Å². The summed E-state index contributed by atoms with van der Waals surface area (Å²) < 4.78 is 0. The van der Waals surface area contributed by atoms with Crippen LogP contribution in [0.1, 0.15) is 38.3 Å². The molecule has 9 rings (SSSR count). The molecule has 0 N–H and O–H groups in total. The highest BCUT2D eigenvalue weighted by Gasteiger charge is 2.37. The third-order valence-corrected chi connectivity index (χ3v) is 11.7. The van der Waals surface area contributed by atoms with E-state index in [1.54, 1.807) is 0 Å². The second kappa shape index (κ2) is 10.9. The van der Waals surface area contributed by atoms with Crippen molar-refractivity contribution in [2.45, 2.75) is 42.4 Å². The Hall–Kier alpha value is -4.85. The van der Waals surface area contributed by atoms with Gasteiger partial charge >= 0.3 is 0 Å². The van der Waals surface area contributed by atoms with Crippen molar-refractivity contribution in [3.63, 3.8) is 0 Å². The zero-order valence-electron chi connectivity index (χ0n) is 27.0. The van der Waals surface area contributed by atoms with Crippen LogP contribution in [0, 0.1) is 5.92 Å². The van der Waals surface area contributed by atoms with Crippen molar-refractivity contribution >= 4 is 49.7 Å². The fourth-order valence-corrected chi connectivity index (χ4v) is 9.39. The highest BCUT2D eigenvalue weighted by molar-refractivity contribution is 7.99. The molecule has 226 valence electrons. The first-order valence-electron chi connectivity index (χ1n) is 16.8. The average molecular weight is 621 g/mol. The monoisotopic (exact) mass is 620 g/mol. The van der Waals surface area contributed by atoms with Crippen LogP contribution in [0.3, 0.4) is 0 Å². The van der Waals surface area contributed by atoms with Gasteiger partial charge in [0.1, 0.15) is 0 Å². The summed E-state index contributed by atoms with van der Waals surface area (Å²) in [4.78, 5) is 2.56. The van der Waals surface area contributed by atoms with Crippen molar-refractivity contribution in [1.82, 2.24) is 0 Å². The molecule has 0 aromatic heterocycles. The van der Waals surface area contributed by atoms with Gasteiger partial charge < -0.3 is 0 Å². The number of benzene rings is 7. The standard InChI is InChI=1S/C46H36S/c1-29-13-11-21-40-42(29)39-28-27-33(34-20-12-22-41(44(34)39)46(40,2)3)30-23-25-32(26-24-30)47-45-37-18-9-7-16-35(37)43(31-14-5-4-6-15-31)36-17-8-10-19-38(36)45/h4-12,14-29H,13H2,1-3H3. The van der Waals surface area contributed by atoms with E-state index in [-0.39, 0.29) is 5.41 Å². The largest absolute Gasteiger partial charge is 0.0888 e. The van der Waals surface area contributed by atoms with Crippen LogP contribution < -0.4 is 0 Å². The van der Waals surface area contributed by atoms with Gasteiger partial charge in [0, 0.05) is 15.2 Å². The quantitative estimate of drug-likeness (QED) is 0.176. The van der Waals surface area contributed by atoms with Gasteiger partial charge in [0.2, 0.25) is 0 Å². The molecular formula is C46H36S. The molecule has 2 aliphatic rings. The third kappa shape index (κ3) is 4.37. The maximum atomic E-state index is 2.40. The van der Waals surface area contributed by atoms with Crippen LogP contribution in [0.2, 0.25) is 0 Å². The van der Waals surface area contributed by atoms with Gasteiger partial charge in [0.25, 0.3) is 0 Å². The van der Waals surface area contributed by atoms with Gasteiger partial charge in [-0.05, 0) is 101 Å². The van der Waals surface area contributed by atoms with E-state index in [1.807, 2.05) is 11.8 Å². The molecule has 0 nitrogen and oxygen atoms in total. The molecule has 7 aromatic rings. The predicted molar refractivity (Wildman–Crippen MR) is 203 cm³/mol. The van der Waals surface area contributed by atoms with E-state index < -0.39 is 0 Å². The molecule has 0 bridgehead atoms. The van der Waals surface area contributed by atoms with Gasteiger partial charge in [0.05, 0.1) is 0 Å². The smallest absolute Gasteiger partial charge is 0.0279 e. The molecule has 0 aliphatic heterocycles. The van der Waals surface area contributed by atoms with E-state index in [2.05, 4.69) is 166 Å². The van der Waals surface area contributed by atoms with Crippen LogP contribution in [0.4, 0.5) is 0 Å². The lowest BCUT2D eigenvalue weighted by Gasteiger charge is -2.39. The van der Waals surface area contributed by atoms with Crippen LogP contribution in [-0.4, -0.2) is 0 Å². The van der Waals surface area contributed by atoms with Crippen LogP contribution in [0.15, 0.2) is 161 Å². The molecule has 2 aliphatic carbocycles. The highest BCUT2D eigenvalue weighted by Crippen LogP contribution is 2.52. The lowest BCUT2D eigenvalue weighted by molar-refractivity contribution is 0.619. The van der Waals surface area contributed by atoms with E-state index in [9.17, 15) is 0 Å². The van der Waals surface area contributed by atoms with Gasteiger partial charge in [-0.25, -0.2) is 0 Å². The van der Waals surface area contributed by atoms with Crippen LogP contribution in [0.5, 0.6) is 0 Å². The minimum atomic E-state index is -0.0201. The Bertz CT molecular complexity index is 2370. The van der Waals surface area contributed by atoms with Crippen molar-refractivity contribution < 1.29 is 0 Å². The van der Waals surface area contributed by atoms with Crippen LogP contribution in [0.25, 0.3) is 60.1 Å². The molecular weight excluding hydrogens is 585 g/mol. The molecule has 7 aromatic carbocycles. The molecule has 0 amide bonds. The summed E-state index contributed by atoms with van der Waals surface area (Å²) in [6.07, 6.45) is 5.87. The molecule has 0 saturated heterocycles. The fourth-order valence-electron chi connectivity index (χ4n) is 8.30. The van der Waals surface area contributed by atoms with Crippen molar-refractivity contribution in [3.8, 4) is 22.3 Å². The van der Waals surface area contributed by atoms with E-state index >= 15 is 0 Å². The maximum absolute atomic E-state index is 2.40. The SMILES string of the molecule is CC1CC=CC2=C1c1ccc(-c3ccc(Sc4c5ccccc5c(-c5ccccc5)c5ccccc45)cc3)c3cccc(c13)C2(C)C. The Morgan fingerprint density at radius 3 is 1.89 bits per heavy atom. The highest BCUT2D eigenvalue weighted by atomic mass is 32.2. The van der Waals surface area contributed by atoms with Gasteiger partial charge in [-0.1, -0.05) is 166 Å². The number of hydrogen-bond acceptors (Lipinski definition) is 1. The van der Waals surface area contributed by atoms with Crippen molar-refractivity contribution in [2.24, 2.45) is 5.92 Å². The summed E-state index contributed by atoms with van der Waals surface area (Å²) >= 11 is 1.88. The lowest BCUT2D eigenvalue weighted by atomic mass is 9.64. The summed E-state index contributed by atoms with van der Waals surface area (Å²) in [5.41, 5.74) is 11.0. The second-order valence-corrected chi connectivity index (χ2v) is 14.8. The first-order chi connectivity index (χ1) is 23.0. The van der Waals surface area contributed by atoms with Gasteiger partial charge in [-0.15, -0.1) is 0 Å². The van der Waals surface area contributed by atoms with Gasteiger partial charge in [-0.3, -0.25) is 0 Å². The molecule has 1 heteroatoms. The minimum Gasteiger partial charge on any atom is -0.0888 e. The Kier molecular flexibility index (Phi) is 6.56. The van der Waals surface area contributed by atoms with Crippen molar-refractivity contribution in [2.75, 3.05) is 0 Å². The summed E-state index contributed by atoms with van der Waals surface area (Å²) in [6.45, 7) is 7.20. The maximum Gasteiger partial charge on any atom is 0.0279 e. The lowest BCUT2D eigenvalue weighted by Crippen LogP contribution is -2.27. The molecule has 0 saturated carbocycles. The average Bonchev–Trinajstić information content (AvgIpc) is 3.11. The van der Waals surface area contributed by atoms with Crippen molar-refractivity contribution in [1.29, 1.82) is 0 Å². The first kappa shape index (κ1) is 28.4. The topological polar surface area (TPSA) is 0 Å². The van der Waals surface area contributed by atoms with Crippen molar-refractivity contribution in [3.05, 3.63) is 162 Å². The normalized spacial score (nSPS) is 16.6.